The van der Waals surface area contributed by atoms with Crippen LogP contribution < -0.4 is 0 Å². The summed E-state index contributed by atoms with van der Waals surface area (Å²) < 4.78 is 5.94. The van der Waals surface area contributed by atoms with Crippen molar-refractivity contribution in [2.75, 3.05) is 78.6 Å². The maximum absolute atomic E-state index is 14.1. The zero-order chi connectivity index (χ0) is 47.1. The van der Waals surface area contributed by atoms with E-state index in [-0.39, 0.29) is 5.97 Å². The van der Waals surface area contributed by atoms with Crippen molar-refractivity contribution in [1.82, 2.24) is 19.6 Å². The zero-order valence-electron chi connectivity index (χ0n) is 44.9. The van der Waals surface area contributed by atoms with Gasteiger partial charge in [-0.05, 0) is 90.0 Å². The van der Waals surface area contributed by atoms with Gasteiger partial charge >= 0.3 is 5.97 Å². The van der Waals surface area contributed by atoms with Crippen LogP contribution in [0, 0.1) is 5.92 Å². The van der Waals surface area contributed by atoms with E-state index in [0.717, 1.165) is 65.1 Å². The van der Waals surface area contributed by atoms with Gasteiger partial charge in [-0.3, -0.25) is 19.4 Å². The molecule has 1 amide bonds. The second-order valence-electron chi connectivity index (χ2n) is 20.9. The summed E-state index contributed by atoms with van der Waals surface area (Å²) >= 11 is 0. The molecule has 0 aliphatic carbocycles. The lowest BCUT2D eigenvalue weighted by molar-refractivity contribution is -0.146. The quantitative estimate of drug-likeness (QED) is 0.0448. The van der Waals surface area contributed by atoms with Gasteiger partial charge in [0.2, 0.25) is 5.91 Å². The maximum atomic E-state index is 14.1. The predicted octanol–water partition coefficient (Wildman–Crippen LogP) is 15.8. The van der Waals surface area contributed by atoms with E-state index in [1.807, 2.05) is 0 Å². The highest BCUT2D eigenvalue weighted by atomic mass is 16.5. The van der Waals surface area contributed by atoms with Crippen molar-refractivity contribution >= 4 is 11.9 Å². The minimum absolute atomic E-state index is 0.0615. The highest BCUT2D eigenvalue weighted by Gasteiger charge is 2.25. The second-order valence-corrected chi connectivity index (χ2v) is 20.9. The molecule has 0 aromatic carbocycles. The molecule has 0 radical (unpaired) electrons. The molecule has 0 bridgehead atoms. The van der Waals surface area contributed by atoms with E-state index >= 15 is 0 Å². The first-order valence-electron chi connectivity index (χ1n) is 29.6. The summed E-state index contributed by atoms with van der Waals surface area (Å²) in [5.41, 5.74) is 0. The largest absolute Gasteiger partial charge is 0.465 e. The Kier molecular flexibility index (Phi) is 45.5. The maximum Gasteiger partial charge on any atom is 0.320 e. The number of piperidine rings is 1. The van der Waals surface area contributed by atoms with Crippen LogP contribution in [0.15, 0.2) is 0 Å². The van der Waals surface area contributed by atoms with E-state index in [2.05, 4.69) is 54.2 Å². The van der Waals surface area contributed by atoms with Crippen molar-refractivity contribution < 1.29 is 14.3 Å². The number of esters is 1. The third-order valence-corrected chi connectivity index (χ3v) is 14.5. The van der Waals surface area contributed by atoms with Gasteiger partial charge in [-0.15, -0.1) is 0 Å². The molecular weight excluding hydrogens is 801 g/mol. The molecule has 1 fully saturated rings. The molecule has 1 saturated heterocycles. The molecule has 1 atom stereocenters. The number of hydrogen-bond acceptors (Lipinski definition) is 6. The zero-order valence-corrected chi connectivity index (χ0v) is 44.9. The van der Waals surface area contributed by atoms with Crippen LogP contribution in [0.1, 0.15) is 279 Å². The molecule has 1 unspecified atom stereocenters. The lowest BCUT2D eigenvalue weighted by atomic mass is 9.95. The molecule has 386 valence electrons. The molecule has 0 N–H and O–H groups in total. The smallest absolute Gasteiger partial charge is 0.320 e. The van der Waals surface area contributed by atoms with Crippen molar-refractivity contribution in [2.24, 2.45) is 5.92 Å². The van der Waals surface area contributed by atoms with Crippen LogP contribution >= 0.6 is 0 Å². The molecule has 7 heteroatoms. The monoisotopic (exact) mass is 917 g/mol. The second kappa shape index (κ2) is 47.9. The third-order valence-electron chi connectivity index (χ3n) is 14.5. The Morgan fingerprint density at radius 1 is 0.415 bits per heavy atom. The van der Waals surface area contributed by atoms with Gasteiger partial charge in [-0.2, -0.15) is 0 Å². The van der Waals surface area contributed by atoms with Gasteiger partial charge in [-0.25, -0.2) is 0 Å². The fourth-order valence-electron chi connectivity index (χ4n) is 10.0. The molecule has 7 nitrogen and oxygen atoms in total. The SMILES string of the molecule is CCCCCCCCCN(CCCCCCCCC)CCN(CCCCCCCCC)CC(=O)N1CCCC(CCOC(=O)CN(CCCCCCCCC)CCCCCCCCC)C1. The number of unbranched alkanes of at least 4 members (excludes halogenated alkanes) is 30. The van der Waals surface area contributed by atoms with Crippen LogP contribution in [0.3, 0.4) is 0 Å². The van der Waals surface area contributed by atoms with Crippen molar-refractivity contribution in [3.8, 4) is 0 Å². The predicted molar refractivity (Wildman–Crippen MR) is 284 cm³/mol. The number of nitrogens with zero attached hydrogens (tertiary/aromatic N) is 4. The number of amides is 1. The summed E-state index contributed by atoms with van der Waals surface area (Å²) in [6, 6.07) is 0. The van der Waals surface area contributed by atoms with Gasteiger partial charge in [0.05, 0.1) is 19.7 Å². The number of rotatable bonds is 50. The van der Waals surface area contributed by atoms with Crippen LogP contribution in [-0.4, -0.2) is 110 Å². The summed E-state index contributed by atoms with van der Waals surface area (Å²) in [7, 11) is 0. The van der Waals surface area contributed by atoms with Crippen molar-refractivity contribution in [1.29, 1.82) is 0 Å². The number of likely N-dealkylation sites (tertiary alicyclic amines) is 1. The minimum Gasteiger partial charge on any atom is -0.465 e. The van der Waals surface area contributed by atoms with Crippen LogP contribution in [0.5, 0.6) is 0 Å². The van der Waals surface area contributed by atoms with Gasteiger partial charge in [-0.1, -0.05) is 227 Å². The van der Waals surface area contributed by atoms with E-state index in [1.54, 1.807) is 0 Å². The number of carbonyl (C=O) groups is 2. The minimum atomic E-state index is -0.0615. The van der Waals surface area contributed by atoms with Gasteiger partial charge < -0.3 is 14.5 Å². The lowest BCUT2D eigenvalue weighted by Gasteiger charge is -2.35. The Balaban J connectivity index is 2.73. The van der Waals surface area contributed by atoms with Crippen LogP contribution in [0.2, 0.25) is 0 Å². The number of ether oxygens (including phenoxy) is 1. The number of hydrogen-bond donors (Lipinski definition) is 0. The van der Waals surface area contributed by atoms with Crippen molar-refractivity contribution in [3.63, 3.8) is 0 Å². The molecule has 0 aromatic heterocycles. The van der Waals surface area contributed by atoms with Gasteiger partial charge in [0.15, 0.2) is 0 Å². The van der Waals surface area contributed by atoms with Crippen LogP contribution in [0.25, 0.3) is 0 Å². The Morgan fingerprint density at radius 2 is 0.738 bits per heavy atom. The molecule has 1 rings (SSSR count). The van der Waals surface area contributed by atoms with E-state index in [1.165, 1.54) is 238 Å². The first kappa shape index (κ1) is 61.8. The summed E-state index contributed by atoms with van der Waals surface area (Å²) in [5, 5.41) is 0. The highest BCUT2D eigenvalue weighted by Crippen LogP contribution is 2.21. The van der Waals surface area contributed by atoms with E-state index in [9.17, 15) is 9.59 Å². The Bertz CT molecular complexity index is 975. The molecule has 1 aliphatic heterocycles. The Hall–Kier alpha value is -1.18. The van der Waals surface area contributed by atoms with Gasteiger partial charge in [0.1, 0.15) is 0 Å². The molecule has 65 heavy (non-hydrogen) atoms. The first-order chi connectivity index (χ1) is 32.0. The molecular formula is C58H116N4O3. The fraction of sp³-hybridized carbons (Fsp3) is 0.966. The standard InChI is InChI=1S/C58H116N4O3/c1-6-11-16-21-26-31-36-44-59(45-37-32-27-22-17-12-7-2)50-51-61(48-40-35-30-25-20-15-10-5)54-57(63)62-49-41-42-56(53-62)43-52-65-58(64)55-60(46-38-33-28-23-18-13-8-3)47-39-34-29-24-19-14-9-4/h56H,6-55H2,1-5H3. The topological polar surface area (TPSA) is 56.3 Å². The van der Waals surface area contributed by atoms with E-state index in [4.69, 9.17) is 4.74 Å². The average Bonchev–Trinajstić information content (AvgIpc) is 3.31. The molecule has 0 aromatic rings. The summed E-state index contributed by atoms with van der Waals surface area (Å²) in [5.74, 6) is 0.661. The Morgan fingerprint density at radius 3 is 1.12 bits per heavy atom. The third kappa shape index (κ3) is 39.4. The Labute approximate surface area is 407 Å². The summed E-state index contributed by atoms with van der Waals surface area (Å²) in [6.45, 7) is 22.1. The van der Waals surface area contributed by atoms with Gasteiger partial charge in [0.25, 0.3) is 0 Å². The molecule has 0 saturated carbocycles. The first-order valence-corrected chi connectivity index (χ1v) is 29.6. The van der Waals surface area contributed by atoms with Crippen LogP contribution in [0.4, 0.5) is 0 Å². The summed E-state index contributed by atoms with van der Waals surface area (Å²) in [4.78, 5) is 37.1. The van der Waals surface area contributed by atoms with Gasteiger partial charge in [0, 0.05) is 26.2 Å². The van der Waals surface area contributed by atoms with E-state index in [0.29, 0.717) is 31.5 Å². The highest BCUT2D eigenvalue weighted by molar-refractivity contribution is 5.78. The van der Waals surface area contributed by atoms with Crippen molar-refractivity contribution in [3.05, 3.63) is 0 Å². The fourth-order valence-corrected chi connectivity index (χ4v) is 10.0. The van der Waals surface area contributed by atoms with Crippen molar-refractivity contribution in [2.45, 2.75) is 279 Å². The molecule has 1 aliphatic rings. The molecule has 1 heterocycles. The summed E-state index contributed by atoms with van der Waals surface area (Å²) in [6.07, 6.45) is 49.4. The lowest BCUT2D eigenvalue weighted by Crippen LogP contribution is -2.47. The van der Waals surface area contributed by atoms with E-state index < -0.39 is 0 Å². The van der Waals surface area contributed by atoms with Crippen LogP contribution in [-0.2, 0) is 14.3 Å². The molecule has 0 spiro atoms. The number of carbonyl (C=O) groups excluding carboxylic acids is 2. The average molecular weight is 918 g/mol. The normalized spacial score (nSPS) is 14.4.